The van der Waals surface area contributed by atoms with Crippen molar-refractivity contribution in [3.63, 3.8) is 0 Å². The van der Waals surface area contributed by atoms with Crippen LogP contribution in [0.2, 0.25) is 5.02 Å². The number of rotatable bonds is 8. The maximum absolute atomic E-state index is 12.3. The molecule has 2 aromatic rings. The average Bonchev–Trinajstić information content (AvgIpc) is 2.76. The van der Waals surface area contributed by atoms with E-state index in [2.05, 4.69) is 5.32 Å². The van der Waals surface area contributed by atoms with Crippen LogP contribution in [-0.4, -0.2) is 38.7 Å². The van der Waals surface area contributed by atoms with Crippen molar-refractivity contribution >= 4 is 27.2 Å². The van der Waals surface area contributed by atoms with Gasteiger partial charge in [0.25, 0.3) is 0 Å². The van der Waals surface area contributed by atoms with Gasteiger partial charge in [-0.3, -0.25) is 4.31 Å². The lowest BCUT2D eigenvalue weighted by atomic mass is 10.00. The van der Waals surface area contributed by atoms with Crippen molar-refractivity contribution in [3.8, 4) is 17.2 Å². The molecule has 1 aliphatic rings. The molecule has 0 spiro atoms. The fraction of sp³-hybridized carbons (Fsp3) is 0.273. The van der Waals surface area contributed by atoms with Crippen LogP contribution in [0.25, 0.3) is 5.57 Å². The van der Waals surface area contributed by atoms with Gasteiger partial charge in [0.05, 0.1) is 29.6 Å². The van der Waals surface area contributed by atoms with Gasteiger partial charge in [-0.15, -0.1) is 0 Å². The molecule has 8 heteroatoms. The van der Waals surface area contributed by atoms with Crippen LogP contribution in [0.4, 0.5) is 0 Å². The van der Waals surface area contributed by atoms with Gasteiger partial charge in [0.2, 0.25) is 10.0 Å². The fourth-order valence-electron chi connectivity index (χ4n) is 3.12. The number of benzene rings is 2. The van der Waals surface area contributed by atoms with Crippen molar-refractivity contribution in [2.24, 2.45) is 0 Å². The van der Waals surface area contributed by atoms with Gasteiger partial charge >= 0.3 is 0 Å². The van der Waals surface area contributed by atoms with E-state index >= 15 is 0 Å². The Kier molecular flexibility index (Phi) is 6.95. The van der Waals surface area contributed by atoms with Gasteiger partial charge in [-0.25, -0.2) is 8.42 Å². The normalized spacial score (nSPS) is 14.1. The summed E-state index contributed by atoms with van der Waals surface area (Å²) in [6, 6.07) is 12.9. The topological polar surface area (TPSA) is 67.9 Å². The second-order valence-electron chi connectivity index (χ2n) is 6.48. The fourth-order valence-corrected chi connectivity index (χ4v) is 4.23. The zero-order valence-corrected chi connectivity index (χ0v) is 18.8. The summed E-state index contributed by atoms with van der Waals surface area (Å²) in [6.45, 7) is 4.28. The molecule has 0 aliphatic carbocycles. The van der Waals surface area contributed by atoms with Crippen LogP contribution in [0, 0.1) is 0 Å². The third-order valence-electron chi connectivity index (χ3n) is 4.65. The van der Waals surface area contributed by atoms with E-state index in [1.807, 2.05) is 49.4 Å². The van der Waals surface area contributed by atoms with Crippen molar-refractivity contribution < 1.29 is 17.9 Å². The van der Waals surface area contributed by atoms with Gasteiger partial charge in [-0.2, -0.15) is 0 Å². The molecule has 0 unspecified atom stereocenters. The Labute approximate surface area is 182 Å². The number of nitrogens with zero attached hydrogens (tertiary/aromatic N) is 1. The van der Waals surface area contributed by atoms with E-state index in [0.717, 1.165) is 11.1 Å². The van der Waals surface area contributed by atoms with Crippen molar-refractivity contribution in [3.05, 3.63) is 71.0 Å². The van der Waals surface area contributed by atoms with Crippen LogP contribution in [0.15, 0.2) is 60.4 Å². The Morgan fingerprint density at radius 1 is 1.10 bits per heavy atom. The Morgan fingerprint density at radius 2 is 1.83 bits per heavy atom. The predicted octanol–water partition coefficient (Wildman–Crippen LogP) is 4.64. The van der Waals surface area contributed by atoms with Crippen molar-refractivity contribution in [1.82, 2.24) is 9.62 Å². The van der Waals surface area contributed by atoms with Crippen LogP contribution in [0.3, 0.4) is 0 Å². The first kappa shape index (κ1) is 22.1. The van der Waals surface area contributed by atoms with Crippen LogP contribution in [-0.2, 0) is 10.0 Å². The lowest BCUT2D eigenvalue weighted by Crippen LogP contribution is -2.32. The Balaban J connectivity index is 2.03. The van der Waals surface area contributed by atoms with Crippen molar-refractivity contribution in [2.75, 3.05) is 26.0 Å². The van der Waals surface area contributed by atoms with Gasteiger partial charge in [0.1, 0.15) is 0 Å². The van der Waals surface area contributed by atoms with E-state index in [1.54, 1.807) is 26.2 Å². The molecule has 1 heterocycles. The van der Waals surface area contributed by atoms with Crippen molar-refractivity contribution in [1.29, 1.82) is 0 Å². The molecule has 30 heavy (non-hydrogen) atoms. The molecule has 0 radical (unpaired) electrons. The summed E-state index contributed by atoms with van der Waals surface area (Å²) in [5.41, 5.74) is 2.22. The molecule has 0 amide bonds. The maximum atomic E-state index is 12.3. The molecule has 1 aliphatic heterocycles. The van der Waals surface area contributed by atoms with E-state index in [9.17, 15) is 8.42 Å². The minimum absolute atomic E-state index is 0.0312. The molecule has 0 fully saturated rings. The number of nitrogens with one attached hydrogen (secondary N) is 1. The van der Waals surface area contributed by atoms with Gasteiger partial charge in [-0.1, -0.05) is 41.9 Å². The molecular formula is C22H25ClN2O4S. The molecule has 3 rings (SSSR count). The predicted molar refractivity (Wildman–Crippen MR) is 120 cm³/mol. The molecule has 0 saturated carbocycles. The first-order chi connectivity index (χ1) is 14.4. The molecular weight excluding hydrogens is 424 g/mol. The smallest absolute Gasteiger partial charge is 0.234 e. The summed E-state index contributed by atoms with van der Waals surface area (Å²) < 4.78 is 37.8. The highest BCUT2D eigenvalue weighted by Gasteiger charge is 2.24. The Bertz CT molecular complexity index is 1080. The SMILES string of the molecule is CCOc1ccccc1Oc1c(Cl)cccc1C1=CCN(S(=O)(=O)CC)C=C1NC. The second kappa shape index (κ2) is 9.45. The molecule has 160 valence electrons. The highest BCUT2D eigenvalue weighted by atomic mass is 35.5. The largest absolute Gasteiger partial charge is 0.490 e. The van der Waals surface area contributed by atoms with Crippen LogP contribution >= 0.6 is 11.6 Å². The van der Waals surface area contributed by atoms with E-state index in [-0.39, 0.29) is 12.3 Å². The number of allylic oxidation sites excluding steroid dienone is 1. The zero-order valence-electron chi connectivity index (χ0n) is 17.2. The van der Waals surface area contributed by atoms with E-state index in [0.29, 0.717) is 34.6 Å². The maximum Gasteiger partial charge on any atom is 0.234 e. The average molecular weight is 449 g/mol. The minimum atomic E-state index is -3.35. The lowest BCUT2D eigenvalue weighted by molar-refractivity contribution is 0.321. The van der Waals surface area contributed by atoms with E-state index < -0.39 is 10.0 Å². The summed E-state index contributed by atoms with van der Waals surface area (Å²) in [5, 5.41) is 3.53. The number of sulfonamides is 1. The molecule has 0 saturated heterocycles. The van der Waals surface area contributed by atoms with Gasteiger partial charge in [0, 0.05) is 24.4 Å². The number of para-hydroxylation sites is 3. The molecule has 1 N–H and O–H groups in total. The number of ether oxygens (including phenoxy) is 2. The first-order valence-corrected chi connectivity index (χ1v) is 11.7. The monoisotopic (exact) mass is 448 g/mol. The standard InChI is InChI=1S/C22H25ClN2O4S/c1-4-28-20-11-6-7-12-21(20)29-22-17(9-8-10-18(22)23)16-13-14-25(15-19(16)24-3)30(26,27)5-2/h6-13,15,24H,4-5,14H2,1-3H3. The lowest BCUT2D eigenvalue weighted by Gasteiger charge is -2.27. The Morgan fingerprint density at radius 3 is 2.50 bits per heavy atom. The van der Waals surface area contributed by atoms with E-state index in [1.165, 1.54) is 4.31 Å². The zero-order chi connectivity index (χ0) is 21.7. The summed E-state index contributed by atoms with van der Waals surface area (Å²) in [4.78, 5) is 0. The number of likely N-dealkylation sites (N-methyl/N-ethyl adjacent to an activating group) is 1. The van der Waals surface area contributed by atoms with Crippen LogP contribution < -0.4 is 14.8 Å². The van der Waals surface area contributed by atoms with Gasteiger partial charge in [-0.05, 0) is 32.0 Å². The molecule has 0 atom stereocenters. The second-order valence-corrected chi connectivity index (χ2v) is 9.10. The Hall–Kier alpha value is -2.64. The molecule has 0 aromatic heterocycles. The quantitative estimate of drug-likeness (QED) is 0.637. The summed E-state index contributed by atoms with van der Waals surface area (Å²) >= 11 is 6.50. The summed E-state index contributed by atoms with van der Waals surface area (Å²) in [5.74, 6) is 1.68. The highest BCUT2D eigenvalue weighted by Crippen LogP contribution is 2.41. The van der Waals surface area contributed by atoms with Crippen LogP contribution in [0.5, 0.6) is 17.2 Å². The molecule has 0 bridgehead atoms. The third-order valence-corrected chi connectivity index (χ3v) is 6.64. The third kappa shape index (κ3) is 4.57. The number of hydrogen-bond donors (Lipinski definition) is 1. The molecule has 2 aromatic carbocycles. The highest BCUT2D eigenvalue weighted by molar-refractivity contribution is 7.89. The van der Waals surface area contributed by atoms with E-state index in [4.69, 9.17) is 21.1 Å². The minimum Gasteiger partial charge on any atom is -0.490 e. The van der Waals surface area contributed by atoms with Gasteiger partial charge < -0.3 is 14.8 Å². The number of halogens is 1. The van der Waals surface area contributed by atoms with Crippen molar-refractivity contribution in [2.45, 2.75) is 13.8 Å². The molecule has 6 nitrogen and oxygen atoms in total. The van der Waals surface area contributed by atoms with Crippen LogP contribution in [0.1, 0.15) is 19.4 Å². The van der Waals surface area contributed by atoms with Gasteiger partial charge in [0.15, 0.2) is 17.2 Å². The summed E-state index contributed by atoms with van der Waals surface area (Å²) in [6.07, 6.45) is 3.46. The first-order valence-electron chi connectivity index (χ1n) is 9.69. The number of hydrogen-bond acceptors (Lipinski definition) is 5. The summed E-state index contributed by atoms with van der Waals surface area (Å²) in [7, 11) is -1.60.